The molecular weight excluding hydrogens is 458 g/mol. The van der Waals surface area contributed by atoms with Crippen LogP contribution in [0.1, 0.15) is 22.3 Å². The van der Waals surface area contributed by atoms with E-state index in [0.29, 0.717) is 22.9 Å². The Hall–Kier alpha value is -2.78. The molecule has 1 atom stereocenters. The molecule has 2 aromatic carbocycles. The highest BCUT2D eigenvalue weighted by molar-refractivity contribution is 7.91. The van der Waals surface area contributed by atoms with Crippen molar-refractivity contribution in [2.24, 2.45) is 0 Å². The smallest absolute Gasteiger partial charge is 0.338 e. The number of hydrogen-bond acceptors (Lipinski definition) is 7. The monoisotopic (exact) mass is 481 g/mol. The standard InChI is InChI=1S/C22H24ClNO7S/c1-24(17-9-10-32(27,28)14-17)21(25)13-31-22(26)15-7-8-19(20(11-15)29-2)30-12-16-5-3-4-6-18(16)23/h3-8,11,17H,9-10,12-14H2,1-2H3/t17-/m1/s1. The van der Waals surface area contributed by atoms with E-state index in [1.165, 1.54) is 31.2 Å². The Balaban J connectivity index is 1.58. The fourth-order valence-corrected chi connectivity index (χ4v) is 5.25. The zero-order valence-corrected chi connectivity index (χ0v) is 19.3. The highest BCUT2D eigenvalue weighted by Gasteiger charge is 2.33. The summed E-state index contributed by atoms with van der Waals surface area (Å²) in [5.74, 6) is -0.447. The molecule has 0 radical (unpaired) electrons. The van der Waals surface area contributed by atoms with Crippen LogP contribution in [0.2, 0.25) is 5.02 Å². The number of amides is 1. The van der Waals surface area contributed by atoms with Crippen LogP contribution < -0.4 is 9.47 Å². The van der Waals surface area contributed by atoms with Gasteiger partial charge in [0, 0.05) is 23.7 Å². The zero-order valence-electron chi connectivity index (χ0n) is 17.7. The predicted molar refractivity (Wildman–Crippen MR) is 119 cm³/mol. The summed E-state index contributed by atoms with van der Waals surface area (Å²) in [6.45, 7) is -0.267. The van der Waals surface area contributed by atoms with Crippen LogP contribution in [0.3, 0.4) is 0 Å². The summed E-state index contributed by atoms with van der Waals surface area (Å²) in [6.07, 6.45) is 0.380. The molecule has 0 bridgehead atoms. The van der Waals surface area contributed by atoms with Gasteiger partial charge in [0.15, 0.2) is 27.9 Å². The molecule has 0 spiro atoms. The molecule has 32 heavy (non-hydrogen) atoms. The van der Waals surface area contributed by atoms with Crippen LogP contribution in [0.4, 0.5) is 0 Å². The summed E-state index contributed by atoms with van der Waals surface area (Å²) < 4.78 is 39.4. The van der Waals surface area contributed by atoms with E-state index in [0.717, 1.165) is 5.56 Å². The second-order valence-corrected chi connectivity index (χ2v) is 10.0. The van der Waals surface area contributed by atoms with Crippen molar-refractivity contribution in [2.75, 3.05) is 32.3 Å². The van der Waals surface area contributed by atoms with Gasteiger partial charge in [-0.1, -0.05) is 29.8 Å². The average molecular weight is 482 g/mol. The summed E-state index contributed by atoms with van der Waals surface area (Å²) in [5, 5.41) is 0.580. The van der Waals surface area contributed by atoms with Gasteiger partial charge in [-0.2, -0.15) is 0 Å². The van der Waals surface area contributed by atoms with E-state index in [9.17, 15) is 18.0 Å². The van der Waals surface area contributed by atoms with E-state index in [-0.39, 0.29) is 23.7 Å². The highest BCUT2D eigenvalue weighted by Crippen LogP contribution is 2.30. The lowest BCUT2D eigenvalue weighted by Crippen LogP contribution is -2.40. The van der Waals surface area contributed by atoms with Gasteiger partial charge in [-0.15, -0.1) is 0 Å². The fourth-order valence-electron chi connectivity index (χ4n) is 3.28. The van der Waals surface area contributed by atoms with E-state index in [1.807, 2.05) is 18.2 Å². The average Bonchev–Trinajstić information content (AvgIpc) is 3.15. The number of sulfone groups is 1. The lowest BCUT2D eigenvalue weighted by atomic mass is 10.2. The Bertz CT molecular complexity index is 1100. The number of esters is 1. The summed E-state index contributed by atoms with van der Waals surface area (Å²) in [7, 11) is -0.165. The van der Waals surface area contributed by atoms with Crippen molar-refractivity contribution in [1.29, 1.82) is 0 Å². The number of rotatable bonds is 8. The molecule has 172 valence electrons. The number of ether oxygens (including phenoxy) is 3. The number of carbonyl (C=O) groups is 2. The molecule has 8 nitrogen and oxygen atoms in total. The molecule has 10 heteroatoms. The topological polar surface area (TPSA) is 99.2 Å². The van der Waals surface area contributed by atoms with Crippen molar-refractivity contribution in [3.05, 3.63) is 58.6 Å². The van der Waals surface area contributed by atoms with Gasteiger partial charge in [0.1, 0.15) is 6.61 Å². The largest absolute Gasteiger partial charge is 0.493 e. The van der Waals surface area contributed by atoms with Gasteiger partial charge >= 0.3 is 5.97 Å². The minimum absolute atomic E-state index is 0.0553. The van der Waals surface area contributed by atoms with Crippen LogP contribution in [-0.4, -0.2) is 63.5 Å². The van der Waals surface area contributed by atoms with Gasteiger partial charge in [0.2, 0.25) is 0 Å². The Morgan fingerprint density at radius 3 is 2.56 bits per heavy atom. The SMILES string of the molecule is COc1cc(C(=O)OCC(=O)N(C)[C@@H]2CCS(=O)(=O)C2)ccc1OCc1ccccc1Cl. The summed E-state index contributed by atoms with van der Waals surface area (Å²) >= 11 is 6.14. The molecule has 0 unspecified atom stereocenters. The van der Waals surface area contributed by atoms with Crippen molar-refractivity contribution >= 4 is 33.3 Å². The van der Waals surface area contributed by atoms with Gasteiger partial charge in [0.25, 0.3) is 5.91 Å². The van der Waals surface area contributed by atoms with Crippen LogP contribution in [0.25, 0.3) is 0 Å². The fraction of sp³-hybridized carbons (Fsp3) is 0.364. The second kappa shape index (κ2) is 10.2. The third-order valence-corrected chi connectivity index (χ3v) is 7.34. The van der Waals surface area contributed by atoms with Gasteiger partial charge in [-0.05, 0) is 30.7 Å². The Morgan fingerprint density at radius 1 is 1.16 bits per heavy atom. The first-order chi connectivity index (χ1) is 15.2. The zero-order chi connectivity index (χ0) is 23.3. The maximum Gasteiger partial charge on any atom is 0.338 e. The van der Waals surface area contributed by atoms with E-state index in [1.54, 1.807) is 12.1 Å². The van der Waals surface area contributed by atoms with E-state index in [4.69, 9.17) is 25.8 Å². The third-order valence-electron chi connectivity index (χ3n) is 5.22. The number of benzene rings is 2. The molecular formula is C22H24ClNO7S. The van der Waals surface area contributed by atoms with Crippen LogP contribution in [0, 0.1) is 0 Å². The number of halogens is 1. The first-order valence-corrected chi connectivity index (χ1v) is 12.1. The van der Waals surface area contributed by atoms with Crippen LogP contribution >= 0.6 is 11.6 Å². The van der Waals surface area contributed by atoms with Crippen molar-refractivity contribution < 1.29 is 32.2 Å². The predicted octanol–water partition coefficient (Wildman–Crippen LogP) is 2.73. The van der Waals surface area contributed by atoms with Crippen molar-refractivity contribution in [3.63, 3.8) is 0 Å². The number of nitrogens with zero attached hydrogens (tertiary/aromatic N) is 1. The minimum Gasteiger partial charge on any atom is -0.493 e. The lowest BCUT2D eigenvalue weighted by molar-refractivity contribution is -0.134. The quantitative estimate of drug-likeness (QED) is 0.534. The molecule has 0 aliphatic carbocycles. The second-order valence-electron chi connectivity index (χ2n) is 7.38. The van der Waals surface area contributed by atoms with Crippen molar-refractivity contribution in [2.45, 2.75) is 19.1 Å². The molecule has 3 rings (SSSR count). The highest BCUT2D eigenvalue weighted by atomic mass is 35.5. The Labute approximate surface area is 191 Å². The van der Waals surface area contributed by atoms with Crippen LogP contribution in [0.5, 0.6) is 11.5 Å². The Kier molecular flexibility index (Phi) is 7.63. The normalized spacial score (nSPS) is 16.9. The molecule has 0 aromatic heterocycles. The van der Waals surface area contributed by atoms with Crippen molar-refractivity contribution in [3.8, 4) is 11.5 Å². The number of methoxy groups -OCH3 is 1. The van der Waals surface area contributed by atoms with E-state index in [2.05, 4.69) is 0 Å². The molecule has 2 aromatic rings. The van der Waals surface area contributed by atoms with E-state index >= 15 is 0 Å². The maximum atomic E-state index is 12.4. The first kappa shape index (κ1) is 23.9. The van der Waals surface area contributed by atoms with Crippen LogP contribution in [0.15, 0.2) is 42.5 Å². The molecule has 1 amide bonds. The molecule has 0 saturated carbocycles. The van der Waals surface area contributed by atoms with Gasteiger partial charge in [0.05, 0.1) is 24.2 Å². The Morgan fingerprint density at radius 2 is 1.91 bits per heavy atom. The summed E-state index contributed by atoms with van der Waals surface area (Å²) in [4.78, 5) is 26.0. The molecule has 1 aliphatic heterocycles. The van der Waals surface area contributed by atoms with Gasteiger partial charge < -0.3 is 19.1 Å². The van der Waals surface area contributed by atoms with Gasteiger partial charge in [-0.25, -0.2) is 13.2 Å². The number of carbonyl (C=O) groups excluding carboxylic acids is 2. The number of hydrogen-bond donors (Lipinski definition) is 0. The molecule has 1 heterocycles. The minimum atomic E-state index is -3.12. The number of likely N-dealkylation sites (N-methyl/N-ethyl adjacent to an activating group) is 1. The summed E-state index contributed by atoms with van der Waals surface area (Å²) in [6, 6.07) is 11.4. The molecule has 1 aliphatic rings. The van der Waals surface area contributed by atoms with Crippen LogP contribution in [-0.2, 0) is 26.0 Å². The first-order valence-electron chi connectivity index (χ1n) is 9.87. The van der Waals surface area contributed by atoms with Crippen molar-refractivity contribution in [1.82, 2.24) is 4.90 Å². The third kappa shape index (κ3) is 5.92. The van der Waals surface area contributed by atoms with E-state index < -0.39 is 34.4 Å². The maximum absolute atomic E-state index is 12.4. The molecule has 0 N–H and O–H groups in total. The van der Waals surface area contributed by atoms with Gasteiger partial charge in [-0.3, -0.25) is 4.79 Å². The lowest BCUT2D eigenvalue weighted by Gasteiger charge is -2.23. The molecule has 1 saturated heterocycles. The summed E-state index contributed by atoms with van der Waals surface area (Å²) in [5.41, 5.74) is 0.989. The molecule has 1 fully saturated rings.